The Morgan fingerprint density at radius 2 is 1.88 bits per heavy atom. The maximum atomic E-state index is 13.8. The monoisotopic (exact) mass is 549 g/mol. The van der Waals surface area contributed by atoms with Crippen LogP contribution in [-0.4, -0.2) is 58.0 Å². The molecule has 1 atom stereocenters. The lowest BCUT2D eigenvalue weighted by atomic mass is 9.84. The van der Waals surface area contributed by atoms with E-state index in [1.807, 2.05) is 46.4 Å². The highest BCUT2D eigenvalue weighted by Gasteiger charge is 2.28. The summed E-state index contributed by atoms with van der Waals surface area (Å²) in [7, 11) is 1.90. The molecule has 1 N–H and O–H groups in total. The van der Waals surface area contributed by atoms with Crippen molar-refractivity contribution in [2.75, 3.05) is 6.54 Å². The van der Waals surface area contributed by atoms with Gasteiger partial charge >= 0.3 is 5.97 Å². The molecule has 10 heteroatoms. The van der Waals surface area contributed by atoms with Crippen LogP contribution in [0.1, 0.15) is 69.0 Å². The number of pyridine rings is 2. The van der Waals surface area contributed by atoms with E-state index >= 15 is 0 Å². The van der Waals surface area contributed by atoms with Crippen LogP contribution in [0.5, 0.6) is 0 Å². The number of benzene rings is 1. The second-order valence-corrected chi connectivity index (χ2v) is 11.3. The van der Waals surface area contributed by atoms with Gasteiger partial charge < -0.3 is 14.6 Å². The lowest BCUT2D eigenvalue weighted by Crippen LogP contribution is -2.37. The van der Waals surface area contributed by atoms with Crippen molar-refractivity contribution >= 4 is 34.1 Å². The van der Waals surface area contributed by atoms with Crippen molar-refractivity contribution in [3.63, 3.8) is 0 Å². The van der Waals surface area contributed by atoms with E-state index in [4.69, 9.17) is 9.97 Å². The fourth-order valence-corrected chi connectivity index (χ4v) is 6.45. The van der Waals surface area contributed by atoms with Gasteiger partial charge in [0.1, 0.15) is 16.9 Å². The second-order valence-electron chi connectivity index (χ2n) is 11.3. The average Bonchev–Trinajstić information content (AvgIpc) is 3.54. The molecule has 0 saturated carbocycles. The van der Waals surface area contributed by atoms with Crippen molar-refractivity contribution in [2.24, 2.45) is 7.05 Å². The van der Waals surface area contributed by atoms with Crippen LogP contribution in [-0.2, 0) is 37.8 Å². The van der Waals surface area contributed by atoms with Crippen molar-refractivity contribution in [2.45, 2.75) is 58.0 Å². The zero-order valence-corrected chi connectivity index (χ0v) is 23.2. The lowest BCUT2D eigenvalue weighted by Gasteiger charge is -2.30. The predicted molar refractivity (Wildman–Crippen MR) is 153 cm³/mol. The van der Waals surface area contributed by atoms with Crippen LogP contribution in [0.15, 0.2) is 42.7 Å². The summed E-state index contributed by atoms with van der Waals surface area (Å²) < 4.78 is 3.72. The first-order valence-corrected chi connectivity index (χ1v) is 14.1. The van der Waals surface area contributed by atoms with E-state index in [1.54, 1.807) is 6.20 Å². The Labute approximate surface area is 236 Å². The largest absolute Gasteiger partial charge is 0.481 e. The topological polar surface area (TPSA) is 119 Å². The molecule has 1 unspecified atom stereocenters. The minimum atomic E-state index is -0.884. The van der Waals surface area contributed by atoms with Crippen LogP contribution in [0.4, 0.5) is 0 Å². The van der Waals surface area contributed by atoms with Gasteiger partial charge in [0.15, 0.2) is 5.65 Å². The number of carboxylic acid groups (broad SMARTS) is 1. The van der Waals surface area contributed by atoms with Gasteiger partial charge in [0.25, 0.3) is 5.91 Å². The number of hydrogen-bond acceptors (Lipinski definition) is 6. The molecule has 41 heavy (non-hydrogen) atoms. The van der Waals surface area contributed by atoms with Gasteiger partial charge in [0, 0.05) is 50.4 Å². The molecule has 0 aliphatic carbocycles. The number of carbonyl (C=O) groups excluding carboxylic acids is 1. The Kier molecular flexibility index (Phi) is 6.06. The van der Waals surface area contributed by atoms with Gasteiger partial charge in [-0.1, -0.05) is 23.4 Å². The molecular formula is C31H31N7O3. The second kappa shape index (κ2) is 9.79. The van der Waals surface area contributed by atoms with Crippen LogP contribution < -0.4 is 0 Å². The zero-order valence-electron chi connectivity index (χ0n) is 23.2. The molecule has 208 valence electrons. The van der Waals surface area contributed by atoms with E-state index in [-0.39, 0.29) is 12.3 Å². The molecule has 0 fully saturated rings. The van der Waals surface area contributed by atoms with E-state index in [1.165, 1.54) is 5.56 Å². The van der Waals surface area contributed by atoms with E-state index in [9.17, 15) is 14.7 Å². The molecule has 4 aromatic heterocycles. The van der Waals surface area contributed by atoms with Crippen molar-refractivity contribution in [1.29, 1.82) is 0 Å². The summed E-state index contributed by atoms with van der Waals surface area (Å²) in [6.07, 6.45) is 7.07. The smallest absolute Gasteiger partial charge is 0.304 e. The molecule has 5 aromatic rings. The van der Waals surface area contributed by atoms with Crippen LogP contribution in [0.25, 0.3) is 22.2 Å². The van der Waals surface area contributed by atoms with Crippen LogP contribution in [0.3, 0.4) is 0 Å². The third kappa shape index (κ3) is 4.34. The Hall–Kier alpha value is -4.60. The predicted octanol–water partition coefficient (Wildman–Crippen LogP) is 4.16. The quantitative estimate of drug-likeness (QED) is 0.351. The molecule has 7 heterocycles. The fourth-order valence-electron chi connectivity index (χ4n) is 6.45. The van der Waals surface area contributed by atoms with E-state index in [0.29, 0.717) is 36.5 Å². The first kappa shape index (κ1) is 25.4. The molecular weight excluding hydrogens is 518 g/mol. The highest BCUT2D eigenvalue weighted by Crippen LogP contribution is 2.35. The van der Waals surface area contributed by atoms with Gasteiger partial charge in [0.2, 0.25) is 0 Å². The summed E-state index contributed by atoms with van der Waals surface area (Å²) in [6.45, 7) is 3.74. The summed E-state index contributed by atoms with van der Waals surface area (Å²) in [5.74, 6) is -1.31. The number of aliphatic carboxylic acids is 1. The SMILES string of the molecule is Cc1c2cnc3c1nnn3CCCCc1cnc3c(c1)cc(n3C)C(=O)N1CCc3ccc(cc3C1)C2CC(=O)O. The molecule has 0 radical (unpaired) electrons. The summed E-state index contributed by atoms with van der Waals surface area (Å²) >= 11 is 0. The first-order valence-electron chi connectivity index (χ1n) is 14.1. The molecule has 10 bridgehead atoms. The van der Waals surface area contributed by atoms with Crippen LogP contribution in [0.2, 0.25) is 0 Å². The van der Waals surface area contributed by atoms with Gasteiger partial charge in [-0.15, -0.1) is 5.10 Å². The Balaban J connectivity index is 1.36. The van der Waals surface area contributed by atoms with Gasteiger partial charge in [-0.2, -0.15) is 0 Å². The molecule has 0 spiro atoms. The number of fused-ring (bicyclic) bond motifs is 4. The highest BCUT2D eigenvalue weighted by atomic mass is 16.4. The van der Waals surface area contributed by atoms with Crippen LogP contribution in [0, 0.1) is 6.92 Å². The number of rotatable bonds is 2. The van der Waals surface area contributed by atoms with Crippen LogP contribution >= 0.6 is 0 Å². The molecule has 3 aliphatic rings. The molecule has 10 nitrogen and oxygen atoms in total. The van der Waals surface area contributed by atoms with Gasteiger partial charge in [-0.3, -0.25) is 9.59 Å². The van der Waals surface area contributed by atoms with E-state index in [2.05, 4.69) is 28.5 Å². The number of nitrogens with zero attached hydrogens (tertiary/aromatic N) is 7. The zero-order chi connectivity index (χ0) is 28.2. The molecule has 1 aromatic carbocycles. The first-order chi connectivity index (χ1) is 19.9. The molecule has 8 rings (SSSR count). The third-order valence-corrected chi connectivity index (χ3v) is 8.74. The number of hydrogen-bond donors (Lipinski definition) is 1. The maximum Gasteiger partial charge on any atom is 0.304 e. The average molecular weight is 550 g/mol. The standard InChI is InChI=1S/C31H31N7O3/c1-18-25-16-33-30-28(18)34-35-38(30)9-4-3-5-19-11-22-13-26(36(2)29(22)32-15-19)31(41)37-10-8-20-6-7-21(12-23(20)17-37)24(25)14-27(39)40/h6-7,11-13,15-16,24H,3-5,8-10,14,17H2,1-2H3,(H,39,40). The number of carboxylic acids is 1. The minimum Gasteiger partial charge on any atom is -0.481 e. The maximum absolute atomic E-state index is 13.8. The molecule has 1 amide bonds. The van der Waals surface area contributed by atoms with E-state index < -0.39 is 11.9 Å². The number of carbonyl (C=O) groups is 2. The molecule has 3 aliphatic heterocycles. The fraction of sp³-hybridized carbons (Fsp3) is 0.355. The summed E-state index contributed by atoms with van der Waals surface area (Å²) in [5, 5.41) is 19.7. The highest BCUT2D eigenvalue weighted by molar-refractivity contribution is 5.98. The third-order valence-electron chi connectivity index (χ3n) is 8.74. The van der Waals surface area contributed by atoms with E-state index in [0.717, 1.165) is 64.5 Å². The Morgan fingerprint density at radius 3 is 2.73 bits per heavy atom. The summed E-state index contributed by atoms with van der Waals surface area (Å²) in [6, 6.07) is 10.3. The number of aromatic nitrogens is 6. The van der Waals surface area contributed by atoms with Gasteiger partial charge in [0.05, 0.1) is 6.42 Å². The Morgan fingerprint density at radius 1 is 1.02 bits per heavy atom. The van der Waals surface area contributed by atoms with Crippen molar-refractivity contribution in [1.82, 2.24) is 34.4 Å². The van der Waals surface area contributed by atoms with Crippen molar-refractivity contribution < 1.29 is 14.7 Å². The van der Waals surface area contributed by atoms with Crippen molar-refractivity contribution in [3.05, 3.63) is 81.8 Å². The summed E-state index contributed by atoms with van der Waals surface area (Å²) in [4.78, 5) is 37.1. The van der Waals surface area contributed by atoms with Crippen molar-refractivity contribution in [3.8, 4) is 0 Å². The molecule has 0 saturated heterocycles. The summed E-state index contributed by atoms with van der Waals surface area (Å²) in [5.41, 5.74) is 8.82. The van der Waals surface area contributed by atoms with Gasteiger partial charge in [-0.05, 0) is 78.1 Å². The normalized spacial score (nSPS) is 17.4. The number of aryl methyl sites for hydroxylation is 4. The lowest BCUT2D eigenvalue weighted by molar-refractivity contribution is -0.137. The number of amides is 1. The Bertz CT molecular complexity index is 1850. The van der Waals surface area contributed by atoms with Gasteiger partial charge in [-0.25, -0.2) is 14.6 Å². The minimum absolute atomic E-state index is 0.0241.